The summed E-state index contributed by atoms with van der Waals surface area (Å²) >= 11 is 1.56. The first-order valence-electron chi connectivity index (χ1n) is 8.25. The number of thiazole rings is 1. The molecule has 2 aromatic heterocycles. The molecule has 2 N–H and O–H groups in total. The monoisotopic (exact) mass is 347 g/mol. The molecule has 128 valence electrons. The molecule has 1 aliphatic rings. The Morgan fingerprint density at radius 3 is 2.79 bits per heavy atom. The summed E-state index contributed by atoms with van der Waals surface area (Å²) in [4.78, 5) is 29.1. The van der Waals surface area contributed by atoms with E-state index in [-0.39, 0.29) is 24.1 Å². The predicted molar refractivity (Wildman–Crippen MR) is 92.2 cm³/mol. The van der Waals surface area contributed by atoms with Crippen molar-refractivity contribution in [3.05, 3.63) is 34.2 Å². The molecular weight excluding hydrogens is 326 g/mol. The Kier molecular flexibility index (Phi) is 5.30. The molecule has 0 saturated heterocycles. The Bertz CT molecular complexity index is 710. The minimum atomic E-state index is -0.314. The fourth-order valence-electron chi connectivity index (χ4n) is 2.72. The highest BCUT2D eigenvalue weighted by atomic mass is 32.1. The van der Waals surface area contributed by atoms with Gasteiger partial charge in [-0.15, -0.1) is 11.3 Å². The maximum atomic E-state index is 12.3. The van der Waals surface area contributed by atoms with Crippen LogP contribution in [0.25, 0.3) is 0 Å². The zero-order valence-corrected chi connectivity index (χ0v) is 14.5. The van der Waals surface area contributed by atoms with E-state index in [1.165, 1.54) is 31.1 Å². The van der Waals surface area contributed by atoms with Crippen LogP contribution in [0.1, 0.15) is 59.5 Å². The Hall–Kier alpha value is -2.15. The third kappa shape index (κ3) is 4.23. The molecule has 0 radical (unpaired) electrons. The molecule has 6 nitrogen and oxygen atoms in total. The van der Waals surface area contributed by atoms with E-state index in [4.69, 9.17) is 4.42 Å². The van der Waals surface area contributed by atoms with Crippen LogP contribution in [0.5, 0.6) is 0 Å². The van der Waals surface area contributed by atoms with Crippen LogP contribution in [0, 0.1) is 0 Å². The third-order valence-electron chi connectivity index (χ3n) is 3.96. The molecule has 0 spiro atoms. The van der Waals surface area contributed by atoms with E-state index in [0.29, 0.717) is 10.9 Å². The summed E-state index contributed by atoms with van der Waals surface area (Å²) in [6.45, 7) is 1.71. The van der Waals surface area contributed by atoms with Crippen molar-refractivity contribution >= 4 is 28.3 Å². The number of anilines is 1. The highest BCUT2D eigenvalue weighted by Gasteiger charge is 2.17. The number of aromatic nitrogens is 1. The first-order valence-corrected chi connectivity index (χ1v) is 9.06. The van der Waals surface area contributed by atoms with E-state index >= 15 is 0 Å². The van der Waals surface area contributed by atoms with Gasteiger partial charge >= 0.3 is 0 Å². The van der Waals surface area contributed by atoms with E-state index in [1.54, 1.807) is 23.5 Å². The molecule has 24 heavy (non-hydrogen) atoms. The standard InChI is InChI=1S/C17H21N3O3S/c1-11(21)18-10-12-8-9-14(23-12)16(22)20-17-19-13-6-4-2-3-5-7-15(13)24-17/h8-9H,2-7,10H2,1H3,(H,18,21)(H,19,20,22). The lowest BCUT2D eigenvalue weighted by atomic mass is 10.0. The number of aryl methyl sites for hydroxylation is 2. The lowest BCUT2D eigenvalue weighted by molar-refractivity contribution is -0.119. The number of nitrogens with zero attached hydrogens (tertiary/aromatic N) is 1. The fraction of sp³-hybridized carbons (Fsp3) is 0.471. The summed E-state index contributed by atoms with van der Waals surface area (Å²) in [7, 11) is 0. The summed E-state index contributed by atoms with van der Waals surface area (Å²) in [5.74, 6) is 0.308. The van der Waals surface area contributed by atoms with Gasteiger partial charge in [-0.05, 0) is 37.8 Å². The molecule has 2 aromatic rings. The van der Waals surface area contributed by atoms with E-state index in [0.717, 1.165) is 25.0 Å². The molecule has 0 bridgehead atoms. The summed E-state index contributed by atoms with van der Waals surface area (Å²) in [6.07, 6.45) is 6.90. The van der Waals surface area contributed by atoms with Gasteiger partial charge in [0.1, 0.15) is 5.76 Å². The SMILES string of the molecule is CC(=O)NCc1ccc(C(=O)Nc2nc3c(s2)CCCCCC3)o1. The molecule has 0 aliphatic heterocycles. The van der Waals surface area contributed by atoms with Gasteiger partial charge in [0.15, 0.2) is 10.9 Å². The zero-order valence-electron chi connectivity index (χ0n) is 13.7. The number of fused-ring (bicyclic) bond motifs is 1. The van der Waals surface area contributed by atoms with Gasteiger partial charge in [-0.1, -0.05) is 12.8 Å². The van der Waals surface area contributed by atoms with Crippen molar-refractivity contribution < 1.29 is 14.0 Å². The second-order valence-corrected chi connectivity index (χ2v) is 7.02. The minimum Gasteiger partial charge on any atom is -0.454 e. The van der Waals surface area contributed by atoms with Crippen molar-refractivity contribution in [1.29, 1.82) is 0 Å². The molecular formula is C17H21N3O3S. The summed E-state index contributed by atoms with van der Waals surface area (Å²) in [5.41, 5.74) is 1.13. The second kappa shape index (κ2) is 7.61. The summed E-state index contributed by atoms with van der Waals surface area (Å²) < 4.78 is 5.46. The highest BCUT2D eigenvalue weighted by Crippen LogP contribution is 2.28. The summed E-state index contributed by atoms with van der Waals surface area (Å²) in [5, 5.41) is 6.09. The smallest absolute Gasteiger partial charge is 0.293 e. The maximum absolute atomic E-state index is 12.3. The average molecular weight is 347 g/mol. The van der Waals surface area contributed by atoms with Crippen molar-refractivity contribution in [2.24, 2.45) is 0 Å². The first kappa shape index (κ1) is 16.7. The lowest BCUT2D eigenvalue weighted by Crippen LogP contribution is -2.18. The van der Waals surface area contributed by atoms with Crippen LogP contribution in [0.2, 0.25) is 0 Å². The van der Waals surface area contributed by atoms with Crippen molar-refractivity contribution in [1.82, 2.24) is 10.3 Å². The molecule has 0 atom stereocenters. The van der Waals surface area contributed by atoms with E-state index < -0.39 is 0 Å². The van der Waals surface area contributed by atoms with Crippen molar-refractivity contribution in [2.45, 2.75) is 52.0 Å². The highest BCUT2D eigenvalue weighted by molar-refractivity contribution is 7.15. The van der Waals surface area contributed by atoms with Gasteiger partial charge < -0.3 is 9.73 Å². The number of hydrogen-bond acceptors (Lipinski definition) is 5. The predicted octanol–water partition coefficient (Wildman–Crippen LogP) is 3.28. The molecule has 0 fully saturated rings. The van der Waals surface area contributed by atoms with Crippen LogP contribution in [-0.4, -0.2) is 16.8 Å². The Morgan fingerprint density at radius 2 is 2.00 bits per heavy atom. The van der Waals surface area contributed by atoms with Crippen molar-refractivity contribution in [2.75, 3.05) is 5.32 Å². The Labute approximate surface area is 144 Å². The normalized spacial score (nSPS) is 14.4. The zero-order chi connectivity index (χ0) is 16.9. The van der Waals surface area contributed by atoms with Gasteiger partial charge in [0.25, 0.3) is 5.91 Å². The van der Waals surface area contributed by atoms with Gasteiger partial charge in [-0.2, -0.15) is 0 Å². The molecule has 2 heterocycles. The number of carbonyl (C=O) groups excluding carboxylic acids is 2. The number of carbonyl (C=O) groups is 2. The largest absolute Gasteiger partial charge is 0.454 e. The molecule has 2 amide bonds. The van der Waals surface area contributed by atoms with Gasteiger partial charge in [-0.25, -0.2) is 4.98 Å². The van der Waals surface area contributed by atoms with Crippen LogP contribution < -0.4 is 10.6 Å². The molecule has 0 unspecified atom stereocenters. The molecule has 0 aromatic carbocycles. The first-order chi connectivity index (χ1) is 11.6. The number of nitrogens with one attached hydrogen (secondary N) is 2. The second-order valence-electron chi connectivity index (χ2n) is 5.93. The van der Waals surface area contributed by atoms with E-state index in [2.05, 4.69) is 15.6 Å². The van der Waals surface area contributed by atoms with Gasteiger partial charge in [0, 0.05) is 11.8 Å². The van der Waals surface area contributed by atoms with Gasteiger partial charge in [0.05, 0.1) is 12.2 Å². The lowest BCUT2D eigenvalue weighted by Gasteiger charge is -2.06. The average Bonchev–Trinajstić information content (AvgIpc) is 3.13. The van der Waals surface area contributed by atoms with Crippen LogP contribution >= 0.6 is 11.3 Å². The van der Waals surface area contributed by atoms with Crippen LogP contribution in [0.15, 0.2) is 16.5 Å². The van der Waals surface area contributed by atoms with Gasteiger partial charge in [-0.3, -0.25) is 14.9 Å². The number of amides is 2. The molecule has 3 rings (SSSR count). The topological polar surface area (TPSA) is 84.2 Å². The van der Waals surface area contributed by atoms with Crippen LogP contribution in [0.3, 0.4) is 0 Å². The fourth-order valence-corrected chi connectivity index (χ4v) is 3.77. The molecule has 1 aliphatic carbocycles. The van der Waals surface area contributed by atoms with E-state index in [9.17, 15) is 9.59 Å². The molecule has 0 saturated carbocycles. The number of furan rings is 1. The minimum absolute atomic E-state index is 0.141. The van der Waals surface area contributed by atoms with Gasteiger partial charge in [0.2, 0.25) is 5.91 Å². The Morgan fingerprint density at radius 1 is 1.21 bits per heavy atom. The quantitative estimate of drug-likeness (QED) is 0.889. The van der Waals surface area contributed by atoms with Crippen molar-refractivity contribution in [3.63, 3.8) is 0 Å². The number of rotatable bonds is 4. The van der Waals surface area contributed by atoms with Crippen molar-refractivity contribution in [3.8, 4) is 0 Å². The maximum Gasteiger partial charge on any atom is 0.293 e. The third-order valence-corrected chi connectivity index (χ3v) is 5.04. The van der Waals surface area contributed by atoms with E-state index in [1.807, 2.05) is 0 Å². The molecule has 7 heteroatoms. The Balaban J connectivity index is 1.64. The van der Waals surface area contributed by atoms with Crippen LogP contribution in [0.4, 0.5) is 5.13 Å². The number of hydrogen-bond donors (Lipinski definition) is 2. The van der Waals surface area contributed by atoms with Crippen LogP contribution in [-0.2, 0) is 24.2 Å². The summed E-state index contributed by atoms with van der Waals surface area (Å²) in [6, 6.07) is 3.29.